The highest BCUT2D eigenvalue weighted by atomic mass is 35.6. The summed E-state index contributed by atoms with van der Waals surface area (Å²) >= 11 is 18.8. The van der Waals surface area contributed by atoms with Crippen LogP contribution >= 0.6 is 46.6 Å². The number of anilines is 1. The van der Waals surface area contributed by atoms with Gasteiger partial charge in [-0.3, -0.25) is 4.79 Å². The first-order valence-electron chi connectivity index (χ1n) is 11.5. The Hall–Kier alpha value is -1.97. The van der Waals surface area contributed by atoms with E-state index in [-0.39, 0.29) is 18.8 Å². The standard InChI is InChI=1S/C27H26Cl3NO5S/c1-34-22-7-2-3-8-24(22)37-16-21-14-23(18-11-9-17(15-32)10-12-18)36-25(35-21)19-5-4-6-20(13-19)31-26(33)27(28,29)30/h2-13,21,23,25,32H,14-16H2,1H3,(H,31,33)/t21-,23+,25+/m0/s1. The quantitative estimate of drug-likeness (QED) is 0.224. The molecule has 0 aliphatic carbocycles. The number of rotatable bonds is 8. The van der Waals surface area contributed by atoms with Crippen LogP contribution < -0.4 is 10.1 Å². The molecule has 37 heavy (non-hydrogen) atoms. The number of carbonyl (C=O) groups is 1. The van der Waals surface area contributed by atoms with Gasteiger partial charge in [-0.25, -0.2) is 0 Å². The topological polar surface area (TPSA) is 77.0 Å². The average Bonchev–Trinajstić information content (AvgIpc) is 2.91. The third-order valence-corrected chi connectivity index (χ3v) is 7.48. The van der Waals surface area contributed by atoms with Gasteiger partial charge in [0.15, 0.2) is 6.29 Å². The molecular weight excluding hydrogens is 557 g/mol. The number of halogens is 3. The summed E-state index contributed by atoms with van der Waals surface area (Å²) in [5, 5.41) is 12.0. The fourth-order valence-corrected chi connectivity index (χ4v) is 5.10. The van der Waals surface area contributed by atoms with Crippen molar-refractivity contribution in [1.82, 2.24) is 0 Å². The normalized spacial score (nSPS) is 19.9. The molecule has 196 valence electrons. The highest BCUT2D eigenvalue weighted by molar-refractivity contribution is 7.99. The summed E-state index contributed by atoms with van der Waals surface area (Å²) in [5.74, 6) is 0.729. The predicted molar refractivity (Wildman–Crippen MR) is 148 cm³/mol. The lowest BCUT2D eigenvalue weighted by atomic mass is 10.0. The highest BCUT2D eigenvalue weighted by Crippen LogP contribution is 2.41. The largest absolute Gasteiger partial charge is 0.496 e. The first-order chi connectivity index (χ1) is 17.8. The monoisotopic (exact) mass is 581 g/mol. The fraction of sp³-hybridized carbons (Fsp3) is 0.296. The molecular formula is C27H26Cl3NO5S. The van der Waals surface area contributed by atoms with E-state index in [1.165, 1.54) is 0 Å². The Morgan fingerprint density at radius 2 is 1.81 bits per heavy atom. The number of ether oxygens (including phenoxy) is 3. The van der Waals surface area contributed by atoms with E-state index in [1.807, 2.05) is 54.6 Å². The first-order valence-corrected chi connectivity index (χ1v) is 13.6. The molecule has 3 atom stereocenters. The lowest BCUT2D eigenvalue weighted by Crippen LogP contribution is -2.31. The van der Waals surface area contributed by atoms with Crippen LogP contribution in [0.5, 0.6) is 5.75 Å². The van der Waals surface area contributed by atoms with Crippen molar-refractivity contribution in [2.24, 2.45) is 0 Å². The Labute approximate surface area is 235 Å². The predicted octanol–water partition coefficient (Wildman–Crippen LogP) is 6.83. The Balaban J connectivity index is 1.56. The van der Waals surface area contributed by atoms with Gasteiger partial charge in [-0.05, 0) is 35.4 Å². The van der Waals surface area contributed by atoms with Crippen LogP contribution in [0.15, 0.2) is 77.7 Å². The minimum absolute atomic E-state index is 0.0254. The minimum atomic E-state index is -2.08. The molecule has 1 fully saturated rings. The molecule has 0 saturated carbocycles. The van der Waals surface area contributed by atoms with E-state index in [0.717, 1.165) is 21.8 Å². The maximum atomic E-state index is 12.1. The van der Waals surface area contributed by atoms with Crippen LogP contribution in [0.1, 0.15) is 35.5 Å². The maximum Gasteiger partial charge on any atom is 0.276 e. The van der Waals surface area contributed by atoms with E-state index in [2.05, 4.69) is 5.32 Å². The Bertz CT molecular complexity index is 1210. The van der Waals surface area contributed by atoms with Gasteiger partial charge in [0.05, 0.1) is 25.9 Å². The number of aliphatic hydroxyl groups is 1. The van der Waals surface area contributed by atoms with E-state index in [1.54, 1.807) is 37.1 Å². The second-order valence-electron chi connectivity index (χ2n) is 8.39. The molecule has 1 saturated heterocycles. The van der Waals surface area contributed by atoms with Gasteiger partial charge in [0.25, 0.3) is 9.70 Å². The van der Waals surface area contributed by atoms with Gasteiger partial charge in [-0.1, -0.05) is 83.3 Å². The average molecular weight is 583 g/mol. The first kappa shape index (κ1) is 28.0. The number of carbonyl (C=O) groups excluding carboxylic acids is 1. The molecule has 0 aromatic heterocycles. The number of hydrogen-bond donors (Lipinski definition) is 2. The summed E-state index contributed by atoms with van der Waals surface area (Å²) in [4.78, 5) is 13.2. The number of amides is 1. The molecule has 1 amide bonds. The van der Waals surface area contributed by atoms with E-state index in [9.17, 15) is 9.90 Å². The van der Waals surface area contributed by atoms with Crippen LogP contribution in [-0.4, -0.2) is 33.8 Å². The maximum absolute atomic E-state index is 12.1. The van der Waals surface area contributed by atoms with Gasteiger partial charge < -0.3 is 24.6 Å². The van der Waals surface area contributed by atoms with Crippen LogP contribution in [0.25, 0.3) is 0 Å². The molecule has 6 nitrogen and oxygen atoms in total. The second kappa shape index (κ2) is 12.7. The fourth-order valence-electron chi connectivity index (χ4n) is 3.91. The van der Waals surface area contributed by atoms with Gasteiger partial charge >= 0.3 is 0 Å². The van der Waals surface area contributed by atoms with Crippen LogP contribution in [-0.2, 0) is 20.9 Å². The summed E-state index contributed by atoms with van der Waals surface area (Å²) in [6.07, 6.45) is -0.435. The van der Waals surface area contributed by atoms with Gasteiger partial charge in [-0.15, -0.1) is 11.8 Å². The molecule has 4 rings (SSSR count). The number of nitrogens with one attached hydrogen (secondary N) is 1. The van der Waals surface area contributed by atoms with Crippen LogP contribution in [0.2, 0.25) is 0 Å². The lowest BCUT2D eigenvalue weighted by Gasteiger charge is -2.36. The SMILES string of the molecule is COc1ccccc1SC[C@@H]1C[C@H](c2ccc(CO)cc2)O[C@H](c2cccc(NC(=O)C(Cl)(Cl)Cl)c2)O1. The number of methoxy groups -OCH3 is 1. The van der Waals surface area contributed by atoms with Gasteiger partial charge in [0.2, 0.25) is 0 Å². The number of thioether (sulfide) groups is 1. The molecule has 1 heterocycles. The van der Waals surface area contributed by atoms with Gasteiger partial charge in [0, 0.05) is 28.3 Å². The van der Waals surface area contributed by atoms with E-state index in [4.69, 9.17) is 49.0 Å². The summed E-state index contributed by atoms with van der Waals surface area (Å²) in [5.41, 5.74) is 2.98. The third-order valence-electron chi connectivity index (χ3n) is 5.78. The van der Waals surface area contributed by atoms with Crippen molar-refractivity contribution in [3.63, 3.8) is 0 Å². The number of para-hydroxylation sites is 1. The Kier molecular flexibility index (Phi) is 9.64. The molecule has 0 unspecified atom stereocenters. The van der Waals surface area contributed by atoms with Crippen molar-refractivity contribution in [2.75, 3.05) is 18.2 Å². The zero-order chi connectivity index (χ0) is 26.4. The van der Waals surface area contributed by atoms with Crippen molar-refractivity contribution in [1.29, 1.82) is 0 Å². The Morgan fingerprint density at radius 1 is 1.05 bits per heavy atom. The van der Waals surface area contributed by atoms with E-state index < -0.39 is 16.0 Å². The number of aliphatic hydroxyl groups excluding tert-OH is 1. The molecule has 1 aliphatic heterocycles. The smallest absolute Gasteiger partial charge is 0.276 e. The molecule has 1 aliphatic rings. The van der Waals surface area contributed by atoms with Gasteiger partial charge in [-0.2, -0.15) is 0 Å². The van der Waals surface area contributed by atoms with Crippen molar-refractivity contribution in [3.05, 3.63) is 89.5 Å². The number of hydrogen-bond acceptors (Lipinski definition) is 6. The number of benzene rings is 3. The van der Waals surface area contributed by atoms with Crippen molar-refractivity contribution >= 4 is 58.2 Å². The van der Waals surface area contributed by atoms with Crippen molar-refractivity contribution in [2.45, 2.75) is 40.2 Å². The molecule has 2 N–H and O–H groups in total. The summed E-state index contributed by atoms with van der Waals surface area (Å²) < 4.78 is 16.2. The molecule has 10 heteroatoms. The minimum Gasteiger partial charge on any atom is -0.496 e. The molecule has 3 aromatic rings. The van der Waals surface area contributed by atoms with Crippen molar-refractivity contribution in [3.8, 4) is 5.75 Å². The summed E-state index contributed by atoms with van der Waals surface area (Å²) in [6.45, 7) is -0.0254. The summed E-state index contributed by atoms with van der Waals surface area (Å²) in [7, 11) is 1.65. The van der Waals surface area contributed by atoms with Crippen LogP contribution in [0, 0.1) is 0 Å². The summed E-state index contributed by atoms with van der Waals surface area (Å²) in [6, 6.07) is 22.6. The third kappa shape index (κ3) is 7.54. The Morgan fingerprint density at radius 3 is 2.51 bits per heavy atom. The molecule has 3 aromatic carbocycles. The number of alkyl halides is 3. The molecule has 0 bridgehead atoms. The molecule has 0 spiro atoms. The molecule has 0 radical (unpaired) electrons. The van der Waals surface area contributed by atoms with Crippen LogP contribution in [0.4, 0.5) is 5.69 Å². The van der Waals surface area contributed by atoms with Gasteiger partial charge in [0.1, 0.15) is 5.75 Å². The van der Waals surface area contributed by atoms with E-state index >= 15 is 0 Å². The van der Waals surface area contributed by atoms with E-state index in [0.29, 0.717) is 23.4 Å². The lowest BCUT2D eigenvalue weighted by molar-refractivity contribution is -0.245. The zero-order valence-corrected chi connectivity index (χ0v) is 23.0. The van der Waals surface area contributed by atoms with Crippen molar-refractivity contribution < 1.29 is 24.1 Å². The zero-order valence-electron chi connectivity index (χ0n) is 19.9. The second-order valence-corrected chi connectivity index (χ2v) is 11.7. The van der Waals surface area contributed by atoms with Crippen LogP contribution in [0.3, 0.4) is 0 Å². The highest BCUT2D eigenvalue weighted by Gasteiger charge is 2.33.